The van der Waals surface area contributed by atoms with Gasteiger partial charge < -0.3 is 14.5 Å². The second-order valence-electron chi connectivity index (χ2n) is 14.6. The Kier molecular flexibility index (Phi) is 7.48. The van der Waals surface area contributed by atoms with Gasteiger partial charge in [-0.15, -0.1) is 0 Å². The molecule has 3 heteroatoms. The van der Waals surface area contributed by atoms with E-state index in [0.29, 0.717) is 0 Å². The van der Waals surface area contributed by atoms with E-state index in [1.807, 2.05) is 6.07 Å². The normalized spacial score (nSPS) is 13.3. The number of rotatable bonds is 6. The summed E-state index contributed by atoms with van der Waals surface area (Å²) in [5.41, 5.74) is 16.1. The van der Waals surface area contributed by atoms with Crippen LogP contribution in [-0.2, 0) is 5.41 Å². The second-order valence-corrected chi connectivity index (χ2v) is 14.6. The van der Waals surface area contributed by atoms with Crippen LogP contribution in [0.5, 0.6) is 11.5 Å². The number of ether oxygens (including phenoxy) is 1. The van der Waals surface area contributed by atoms with Gasteiger partial charge in [0.1, 0.15) is 0 Å². The van der Waals surface area contributed by atoms with Crippen LogP contribution in [0, 0.1) is 0 Å². The molecular formula is C51H38N2O. The van der Waals surface area contributed by atoms with E-state index in [2.05, 4.69) is 212 Å². The minimum atomic E-state index is -0.207. The molecule has 0 bridgehead atoms. The van der Waals surface area contributed by atoms with Crippen LogP contribution in [0.1, 0.15) is 25.0 Å². The highest BCUT2D eigenvalue weighted by Crippen LogP contribution is 2.60. The zero-order chi connectivity index (χ0) is 36.2. The molecular weight excluding hydrogens is 657 g/mol. The molecule has 54 heavy (non-hydrogen) atoms. The van der Waals surface area contributed by atoms with E-state index in [-0.39, 0.29) is 5.41 Å². The third kappa shape index (κ3) is 5.28. The van der Waals surface area contributed by atoms with Crippen molar-refractivity contribution in [3.63, 3.8) is 0 Å². The quantitative estimate of drug-likeness (QED) is 0.172. The zero-order valence-corrected chi connectivity index (χ0v) is 30.3. The Hall–Kier alpha value is -6.84. The van der Waals surface area contributed by atoms with Gasteiger partial charge in [0.2, 0.25) is 0 Å². The first-order valence-electron chi connectivity index (χ1n) is 18.6. The number of fused-ring (bicyclic) bond motifs is 4. The standard InChI is InChI=1S/C51H38N2O/c1-51(2)44-32-27-40(34-47(44)53-46-20-9-10-21-48(46)54-49-22-12-19-45(51)50(49)53)39-17-11-18-43(33-39)52(41-28-23-37(24-29-41)35-13-5-3-6-14-35)42-30-25-38(26-31-42)36-15-7-4-8-16-36/h3-34H,1-2H3. The molecule has 0 spiro atoms. The fourth-order valence-corrected chi connectivity index (χ4v) is 8.27. The summed E-state index contributed by atoms with van der Waals surface area (Å²) in [7, 11) is 0. The summed E-state index contributed by atoms with van der Waals surface area (Å²) in [4.78, 5) is 4.77. The first kappa shape index (κ1) is 31.9. The number of benzene rings is 8. The SMILES string of the molecule is CC1(C)c2ccc(-c3cccc(N(c4ccc(-c5ccccc5)cc4)c4ccc(-c5ccccc5)cc4)c3)cc2N2c3ccccc3Oc3cccc1c32. The minimum Gasteiger partial charge on any atom is -0.453 e. The maximum Gasteiger partial charge on any atom is 0.151 e. The zero-order valence-electron chi connectivity index (χ0n) is 30.3. The largest absolute Gasteiger partial charge is 0.453 e. The fraction of sp³-hybridized carbons (Fsp3) is 0.0588. The maximum atomic E-state index is 6.49. The van der Waals surface area contributed by atoms with E-state index in [9.17, 15) is 0 Å². The smallest absolute Gasteiger partial charge is 0.151 e. The highest BCUT2D eigenvalue weighted by molar-refractivity contribution is 5.94. The molecule has 0 atom stereocenters. The van der Waals surface area contributed by atoms with E-state index in [1.54, 1.807) is 0 Å². The van der Waals surface area contributed by atoms with Gasteiger partial charge in [-0.3, -0.25) is 0 Å². The lowest BCUT2D eigenvalue weighted by molar-refractivity contribution is 0.471. The first-order chi connectivity index (χ1) is 26.5. The summed E-state index contributed by atoms with van der Waals surface area (Å²) in [5, 5.41) is 0. The Balaban J connectivity index is 1.09. The second kappa shape index (κ2) is 12.7. The third-order valence-corrected chi connectivity index (χ3v) is 11.0. The Morgan fingerprint density at radius 1 is 0.389 bits per heavy atom. The van der Waals surface area contributed by atoms with Gasteiger partial charge in [-0.2, -0.15) is 0 Å². The van der Waals surface area contributed by atoms with Crippen molar-refractivity contribution >= 4 is 34.1 Å². The van der Waals surface area contributed by atoms with Crippen molar-refractivity contribution in [2.24, 2.45) is 0 Å². The minimum absolute atomic E-state index is 0.207. The summed E-state index contributed by atoms with van der Waals surface area (Å²) in [6.45, 7) is 4.65. The summed E-state index contributed by atoms with van der Waals surface area (Å²) >= 11 is 0. The molecule has 0 saturated heterocycles. The summed E-state index contributed by atoms with van der Waals surface area (Å²) in [6, 6.07) is 69.6. The van der Waals surface area contributed by atoms with Crippen LogP contribution < -0.4 is 14.5 Å². The third-order valence-electron chi connectivity index (χ3n) is 11.0. The molecule has 10 rings (SSSR count). The molecule has 8 aromatic carbocycles. The molecule has 0 unspecified atom stereocenters. The average molecular weight is 695 g/mol. The molecule has 3 nitrogen and oxygen atoms in total. The Morgan fingerprint density at radius 3 is 1.57 bits per heavy atom. The lowest BCUT2D eigenvalue weighted by Crippen LogP contribution is -2.32. The molecule has 0 aromatic heterocycles. The van der Waals surface area contributed by atoms with Crippen LogP contribution >= 0.6 is 0 Å². The van der Waals surface area contributed by atoms with Gasteiger partial charge in [0.15, 0.2) is 11.5 Å². The van der Waals surface area contributed by atoms with Gasteiger partial charge in [-0.25, -0.2) is 0 Å². The van der Waals surface area contributed by atoms with Crippen LogP contribution in [0.15, 0.2) is 194 Å². The molecule has 2 aliphatic heterocycles. The van der Waals surface area contributed by atoms with E-state index in [1.165, 1.54) is 39.1 Å². The lowest BCUT2D eigenvalue weighted by Gasteiger charge is -2.45. The van der Waals surface area contributed by atoms with E-state index < -0.39 is 0 Å². The molecule has 0 aliphatic carbocycles. The molecule has 0 fully saturated rings. The van der Waals surface area contributed by atoms with Crippen molar-refractivity contribution in [3.8, 4) is 44.9 Å². The van der Waals surface area contributed by atoms with Crippen molar-refractivity contribution in [1.29, 1.82) is 0 Å². The van der Waals surface area contributed by atoms with Gasteiger partial charge in [-0.05, 0) is 105 Å². The number of hydrogen-bond acceptors (Lipinski definition) is 3. The van der Waals surface area contributed by atoms with Gasteiger partial charge in [-0.1, -0.05) is 147 Å². The van der Waals surface area contributed by atoms with Crippen LogP contribution in [0.25, 0.3) is 33.4 Å². The van der Waals surface area contributed by atoms with Gasteiger partial charge in [0.25, 0.3) is 0 Å². The van der Waals surface area contributed by atoms with Gasteiger partial charge in [0.05, 0.1) is 17.1 Å². The lowest BCUT2D eigenvalue weighted by atomic mass is 9.72. The van der Waals surface area contributed by atoms with E-state index >= 15 is 0 Å². The van der Waals surface area contributed by atoms with Gasteiger partial charge in [0, 0.05) is 22.5 Å². The molecule has 8 aromatic rings. The van der Waals surface area contributed by atoms with Crippen LogP contribution in [0.3, 0.4) is 0 Å². The number of anilines is 6. The highest BCUT2D eigenvalue weighted by Gasteiger charge is 2.41. The first-order valence-corrected chi connectivity index (χ1v) is 18.6. The summed E-state index contributed by atoms with van der Waals surface area (Å²) < 4.78 is 6.49. The molecule has 0 radical (unpaired) electrons. The predicted octanol–water partition coefficient (Wildman–Crippen LogP) is 14.4. The van der Waals surface area contributed by atoms with Gasteiger partial charge >= 0.3 is 0 Å². The molecule has 2 aliphatic rings. The molecule has 258 valence electrons. The Labute approximate surface area is 317 Å². The molecule has 0 amide bonds. The average Bonchev–Trinajstić information content (AvgIpc) is 3.23. The Bertz CT molecular complexity index is 2560. The van der Waals surface area contributed by atoms with Crippen LogP contribution in [0.2, 0.25) is 0 Å². The molecule has 0 saturated carbocycles. The Morgan fingerprint density at radius 2 is 0.907 bits per heavy atom. The van der Waals surface area contributed by atoms with Crippen molar-refractivity contribution in [3.05, 3.63) is 205 Å². The molecule has 2 heterocycles. The number of nitrogens with zero attached hydrogens (tertiary/aromatic N) is 2. The van der Waals surface area contributed by atoms with Crippen LogP contribution in [-0.4, -0.2) is 0 Å². The van der Waals surface area contributed by atoms with E-state index in [0.717, 1.165) is 51.1 Å². The summed E-state index contributed by atoms with van der Waals surface area (Å²) in [6.07, 6.45) is 0. The fourth-order valence-electron chi connectivity index (χ4n) is 8.27. The predicted molar refractivity (Wildman–Crippen MR) is 224 cm³/mol. The van der Waals surface area contributed by atoms with Crippen molar-refractivity contribution in [1.82, 2.24) is 0 Å². The monoisotopic (exact) mass is 694 g/mol. The van der Waals surface area contributed by atoms with E-state index in [4.69, 9.17) is 4.74 Å². The topological polar surface area (TPSA) is 15.7 Å². The molecule has 0 N–H and O–H groups in total. The highest BCUT2D eigenvalue weighted by atomic mass is 16.5. The summed E-state index contributed by atoms with van der Waals surface area (Å²) in [5.74, 6) is 1.76. The maximum absolute atomic E-state index is 6.49. The van der Waals surface area contributed by atoms with Crippen molar-refractivity contribution < 1.29 is 4.74 Å². The van der Waals surface area contributed by atoms with Crippen molar-refractivity contribution in [2.45, 2.75) is 19.3 Å². The van der Waals surface area contributed by atoms with Crippen molar-refractivity contribution in [2.75, 3.05) is 9.80 Å². The number of para-hydroxylation sites is 3. The van der Waals surface area contributed by atoms with Crippen LogP contribution in [0.4, 0.5) is 34.1 Å². The number of hydrogen-bond donors (Lipinski definition) is 0.